The van der Waals surface area contributed by atoms with Gasteiger partial charge >= 0.3 is 0 Å². The van der Waals surface area contributed by atoms with Crippen molar-refractivity contribution in [2.45, 2.75) is 53.0 Å². The lowest BCUT2D eigenvalue weighted by atomic mass is 10.1. The normalized spacial score (nSPS) is 16.9. The molecule has 1 aromatic heterocycles. The van der Waals surface area contributed by atoms with Crippen LogP contribution in [-0.4, -0.2) is 38.7 Å². The van der Waals surface area contributed by atoms with Crippen molar-refractivity contribution in [3.05, 3.63) is 23.4 Å². The van der Waals surface area contributed by atoms with Gasteiger partial charge in [-0.2, -0.15) is 0 Å². The number of carbonyl (C=O) groups is 3. The number of imidazole rings is 1. The third kappa shape index (κ3) is 3.72. The van der Waals surface area contributed by atoms with E-state index in [4.69, 9.17) is 0 Å². The Morgan fingerprint density at radius 3 is 2.71 bits per heavy atom. The van der Waals surface area contributed by atoms with E-state index in [9.17, 15) is 14.4 Å². The molecule has 0 saturated carbocycles. The van der Waals surface area contributed by atoms with Gasteiger partial charge in [-0.15, -0.1) is 0 Å². The number of hydrogen-bond acceptors (Lipinski definition) is 4. The smallest absolute Gasteiger partial charge is 0.277 e. The molecule has 3 amide bonds. The Balaban J connectivity index is 2.39. The summed E-state index contributed by atoms with van der Waals surface area (Å²) in [6, 6.07) is 0. The molecule has 0 spiro atoms. The molecular formula is C17H24N4O3. The first-order valence-corrected chi connectivity index (χ1v) is 8.24. The molecule has 1 N–H and O–H groups in total. The molecule has 0 radical (unpaired) electrons. The highest BCUT2D eigenvalue weighted by molar-refractivity contribution is 6.12. The maximum absolute atomic E-state index is 12.4. The van der Waals surface area contributed by atoms with Gasteiger partial charge in [-0.3, -0.25) is 19.3 Å². The number of carbonyl (C=O) groups excluding carboxylic acids is 3. The van der Waals surface area contributed by atoms with Crippen molar-refractivity contribution in [1.29, 1.82) is 0 Å². The third-order valence-electron chi connectivity index (χ3n) is 3.92. The van der Waals surface area contributed by atoms with Crippen molar-refractivity contribution in [3.63, 3.8) is 0 Å². The maximum atomic E-state index is 12.4. The molecule has 2 heterocycles. The number of amides is 3. The van der Waals surface area contributed by atoms with Crippen LogP contribution in [-0.2, 0) is 20.9 Å². The number of aryl methyl sites for hydroxylation is 1. The Morgan fingerprint density at radius 2 is 2.12 bits per heavy atom. The zero-order valence-corrected chi connectivity index (χ0v) is 14.6. The van der Waals surface area contributed by atoms with Crippen molar-refractivity contribution in [1.82, 2.24) is 19.8 Å². The fourth-order valence-corrected chi connectivity index (χ4v) is 2.75. The number of imide groups is 1. The predicted octanol–water partition coefficient (Wildman–Crippen LogP) is 1.65. The Hall–Kier alpha value is -2.44. The Bertz CT molecular complexity index is 688. The van der Waals surface area contributed by atoms with Crippen LogP contribution in [0.5, 0.6) is 0 Å². The monoisotopic (exact) mass is 332 g/mol. The number of hydrogen-bond donors (Lipinski definition) is 1. The lowest BCUT2D eigenvalue weighted by Gasteiger charge is -2.25. The highest BCUT2D eigenvalue weighted by Crippen LogP contribution is 2.22. The number of unbranched alkanes of at least 4 members (excludes halogenated alkanes) is 1. The molecule has 130 valence electrons. The van der Waals surface area contributed by atoms with E-state index < -0.39 is 11.8 Å². The van der Waals surface area contributed by atoms with Gasteiger partial charge in [0.2, 0.25) is 11.8 Å². The van der Waals surface area contributed by atoms with Gasteiger partial charge in [0, 0.05) is 19.2 Å². The molecule has 0 atom stereocenters. The molecule has 2 rings (SSSR count). The Morgan fingerprint density at radius 1 is 1.42 bits per heavy atom. The summed E-state index contributed by atoms with van der Waals surface area (Å²) in [5.41, 5.74) is 1.75. The fraction of sp³-hybridized carbons (Fsp3) is 0.529. The minimum Gasteiger partial charge on any atom is -0.334 e. The van der Waals surface area contributed by atoms with Crippen LogP contribution in [0.3, 0.4) is 0 Å². The van der Waals surface area contributed by atoms with Gasteiger partial charge in [-0.05, 0) is 18.4 Å². The summed E-state index contributed by atoms with van der Waals surface area (Å²) < 4.78 is 2.08. The first kappa shape index (κ1) is 17.9. The summed E-state index contributed by atoms with van der Waals surface area (Å²) in [5, 5.41) is 2.55. The summed E-state index contributed by atoms with van der Waals surface area (Å²) in [4.78, 5) is 41.0. The van der Waals surface area contributed by atoms with Gasteiger partial charge in [-0.25, -0.2) is 4.98 Å². The van der Waals surface area contributed by atoms with E-state index >= 15 is 0 Å². The number of nitrogens with one attached hydrogen (secondary N) is 1. The van der Waals surface area contributed by atoms with Crippen molar-refractivity contribution in [2.75, 3.05) is 6.54 Å². The average molecular weight is 332 g/mol. The number of rotatable bonds is 5. The molecule has 0 aromatic carbocycles. The van der Waals surface area contributed by atoms with Crippen LogP contribution in [0.25, 0.3) is 6.08 Å². The Labute approximate surface area is 141 Å². The van der Waals surface area contributed by atoms with Crippen LogP contribution in [0.1, 0.15) is 57.8 Å². The van der Waals surface area contributed by atoms with E-state index in [1.165, 1.54) is 6.92 Å². The second-order valence-electron chi connectivity index (χ2n) is 6.23. The van der Waals surface area contributed by atoms with Crippen molar-refractivity contribution < 1.29 is 14.4 Å². The molecule has 1 saturated heterocycles. The predicted molar refractivity (Wildman–Crippen MR) is 89.7 cm³/mol. The summed E-state index contributed by atoms with van der Waals surface area (Å²) in [6.07, 6.45) is 5.44. The molecule has 1 aliphatic rings. The van der Waals surface area contributed by atoms with Gasteiger partial charge in [0.1, 0.15) is 12.2 Å². The summed E-state index contributed by atoms with van der Waals surface area (Å²) in [7, 11) is 0. The zero-order chi connectivity index (χ0) is 17.9. The van der Waals surface area contributed by atoms with Crippen LogP contribution in [0.15, 0.2) is 12.0 Å². The SMILES string of the molecule is CCCCn1cnc(/C=C2\NC(=O)CN(C(C)=O)C2=O)c1C(C)C. The topological polar surface area (TPSA) is 84.3 Å². The maximum Gasteiger partial charge on any atom is 0.277 e. The molecule has 0 aliphatic carbocycles. The standard InChI is InChI=1S/C17H24N4O3/c1-5-6-7-20-10-18-13(16(20)11(2)3)8-14-17(24)21(12(4)22)9-15(23)19-14/h8,10-11H,5-7,9H2,1-4H3,(H,19,23)/b14-8-. The molecule has 0 unspecified atom stereocenters. The second-order valence-corrected chi connectivity index (χ2v) is 6.23. The molecular weight excluding hydrogens is 308 g/mol. The van der Waals surface area contributed by atoms with Crippen molar-refractivity contribution in [3.8, 4) is 0 Å². The molecule has 7 nitrogen and oxygen atoms in total. The zero-order valence-electron chi connectivity index (χ0n) is 14.6. The quantitative estimate of drug-likeness (QED) is 0.831. The van der Waals surface area contributed by atoms with Crippen molar-refractivity contribution in [2.24, 2.45) is 0 Å². The number of piperazine rings is 1. The summed E-state index contributed by atoms with van der Waals surface area (Å²) in [6.45, 7) is 8.14. The summed E-state index contributed by atoms with van der Waals surface area (Å²) >= 11 is 0. The molecule has 24 heavy (non-hydrogen) atoms. The van der Waals surface area contributed by atoms with Crippen LogP contribution in [0, 0.1) is 0 Å². The van der Waals surface area contributed by atoms with E-state index in [0.717, 1.165) is 30.0 Å². The first-order chi connectivity index (χ1) is 11.3. The second kappa shape index (κ2) is 7.42. The largest absolute Gasteiger partial charge is 0.334 e. The molecule has 7 heteroatoms. The van der Waals surface area contributed by atoms with Crippen LogP contribution in [0.2, 0.25) is 0 Å². The van der Waals surface area contributed by atoms with E-state index in [0.29, 0.717) is 5.69 Å². The van der Waals surface area contributed by atoms with E-state index in [1.807, 2.05) is 0 Å². The fourth-order valence-electron chi connectivity index (χ4n) is 2.75. The number of aromatic nitrogens is 2. The minimum absolute atomic E-state index is 0.0871. The molecule has 0 bridgehead atoms. The summed E-state index contributed by atoms with van der Waals surface area (Å²) in [5.74, 6) is -1.11. The average Bonchev–Trinajstić information content (AvgIpc) is 2.91. The van der Waals surface area contributed by atoms with Gasteiger partial charge in [0.25, 0.3) is 5.91 Å². The highest BCUT2D eigenvalue weighted by atomic mass is 16.2. The molecule has 1 fully saturated rings. The first-order valence-electron chi connectivity index (χ1n) is 8.24. The van der Waals surface area contributed by atoms with Gasteiger partial charge < -0.3 is 9.88 Å². The van der Waals surface area contributed by atoms with Gasteiger partial charge in [0.05, 0.1) is 12.0 Å². The van der Waals surface area contributed by atoms with Gasteiger partial charge in [0.15, 0.2) is 0 Å². The van der Waals surface area contributed by atoms with E-state index in [-0.39, 0.29) is 24.1 Å². The molecule has 1 aromatic rings. The Kier molecular flexibility index (Phi) is 5.54. The lowest BCUT2D eigenvalue weighted by molar-refractivity contribution is -0.147. The number of nitrogens with zero attached hydrogens (tertiary/aromatic N) is 3. The molecule has 1 aliphatic heterocycles. The van der Waals surface area contributed by atoms with Gasteiger partial charge in [-0.1, -0.05) is 27.2 Å². The third-order valence-corrected chi connectivity index (χ3v) is 3.92. The minimum atomic E-state index is -0.500. The van der Waals surface area contributed by atoms with E-state index in [1.54, 1.807) is 12.4 Å². The lowest BCUT2D eigenvalue weighted by Crippen LogP contribution is -2.51. The van der Waals surface area contributed by atoms with Crippen LogP contribution in [0.4, 0.5) is 0 Å². The van der Waals surface area contributed by atoms with Crippen molar-refractivity contribution >= 4 is 23.8 Å². The van der Waals surface area contributed by atoms with Crippen LogP contribution >= 0.6 is 0 Å². The highest BCUT2D eigenvalue weighted by Gasteiger charge is 2.31. The van der Waals surface area contributed by atoms with Crippen LogP contribution < -0.4 is 5.32 Å². The van der Waals surface area contributed by atoms with E-state index in [2.05, 4.69) is 35.6 Å².